The van der Waals surface area contributed by atoms with Crippen LogP contribution in [0.2, 0.25) is 0 Å². The number of aliphatic imine (C=N–C) groups is 1. The number of hydrogen-bond donors (Lipinski definition) is 2. The summed E-state index contributed by atoms with van der Waals surface area (Å²) in [6.07, 6.45) is 0.167. The second kappa shape index (κ2) is 10.0. The van der Waals surface area contributed by atoms with Crippen LogP contribution in [0.4, 0.5) is 13.2 Å². The molecule has 0 saturated carbocycles. The molecule has 1 aromatic carbocycles. The quantitative estimate of drug-likeness (QED) is 0.544. The maximum Gasteiger partial charge on any atom is 0.416 e. The topological polar surface area (TPSA) is 52.8 Å². The summed E-state index contributed by atoms with van der Waals surface area (Å²) in [5.74, 6) is 1.89. The Kier molecular flexibility index (Phi) is 7.42. The van der Waals surface area contributed by atoms with E-state index in [1.807, 2.05) is 19.2 Å². The van der Waals surface area contributed by atoms with Crippen LogP contribution in [0.15, 0.2) is 52.1 Å². The summed E-state index contributed by atoms with van der Waals surface area (Å²) >= 11 is 0. The lowest BCUT2D eigenvalue weighted by atomic mass is 9.84. The third-order valence-electron chi connectivity index (χ3n) is 5.59. The molecule has 30 heavy (non-hydrogen) atoms. The van der Waals surface area contributed by atoms with E-state index in [0.29, 0.717) is 19.0 Å². The van der Waals surface area contributed by atoms with Gasteiger partial charge in [-0.25, -0.2) is 0 Å². The van der Waals surface area contributed by atoms with E-state index in [9.17, 15) is 13.2 Å². The number of guanidine groups is 1. The molecule has 2 atom stereocenters. The van der Waals surface area contributed by atoms with Crippen molar-refractivity contribution in [3.63, 3.8) is 0 Å². The smallest absolute Gasteiger partial charge is 0.416 e. The molecular formula is C22H29F3N4O. The predicted octanol–water partition coefficient (Wildman–Crippen LogP) is 4.09. The predicted molar refractivity (Wildman–Crippen MR) is 111 cm³/mol. The normalized spacial score (nSPS) is 20.9. The van der Waals surface area contributed by atoms with Crippen LogP contribution in [0, 0.1) is 5.92 Å². The van der Waals surface area contributed by atoms with Crippen LogP contribution < -0.4 is 10.6 Å². The Morgan fingerprint density at radius 3 is 2.60 bits per heavy atom. The lowest BCUT2D eigenvalue weighted by Crippen LogP contribution is -2.45. The average Bonchev–Trinajstić information content (AvgIpc) is 3.23. The molecule has 2 heterocycles. The number of piperidine rings is 1. The number of nitrogens with one attached hydrogen (secondary N) is 2. The fraction of sp³-hybridized carbons (Fsp3) is 0.500. The van der Waals surface area contributed by atoms with Gasteiger partial charge in [0.15, 0.2) is 5.96 Å². The van der Waals surface area contributed by atoms with Gasteiger partial charge in [0.1, 0.15) is 5.76 Å². The maximum absolute atomic E-state index is 12.9. The van der Waals surface area contributed by atoms with Crippen LogP contribution in [0.3, 0.4) is 0 Å². The van der Waals surface area contributed by atoms with Crippen molar-refractivity contribution in [1.29, 1.82) is 0 Å². The highest BCUT2D eigenvalue weighted by Gasteiger charge is 2.33. The van der Waals surface area contributed by atoms with E-state index < -0.39 is 11.7 Å². The minimum absolute atomic E-state index is 0.0646. The van der Waals surface area contributed by atoms with Gasteiger partial charge in [-0.3, -0.25) is 9.89 Å². The largest absolute Gasteiger partial charge is 0.469 e. The molecule has 1 aromatic heterocycles. The maximum atomic E-state index is 12.9. The minimum Gasteiger partial charge on any atom is -0.469 e. The van der Waals surface area contributed by atoms with E-state index in [1.165, 1.54) is 12.1 Å². The Morgan fingerprint density at radius 2 is 1.97 bits per heavy atom. The standard InChI is InChI=1S/C22H29F3N4O/c1-26-21(27-12-11-19-6-4-14-30-19)28-15-17-5-3-13-29(2)20(17)16-7-9-18(10-8-16)22(23,24)25/h4,6-10,14,17,20H,3,5,11-13,15H2,1-2H3,(H2,26,27,28). The number of likely N-dealkylation sites (tertiary alicyclic amines) is 1. The van der Waals surface area contributed by atoms with Crippen LogP contribution in [-0.4, -0.2) is 44.6 Å². The Bertz CT molecular complexity index is 803. The van der Waals surface area contributed by atoms with E-state index >= 15 is 0 Å². The average molecular weight is 422 g/mol. The molecule has 2 aromatic rings. The van der Waals surface area contributed by atoms with Gasteiger partial charge in [-0.15, -0.1) is 0 Å². The minimum atomic E-state index is -4.31. The van der Waals surface area contributed by atoms with Gasteiger partial charge < -0.3 is 15.1 Å². The molecule has 5 nitrogen and oxygen atoms in total. The van der Waals surface area contributed by atoms with Crippen molar-refractivity contribution in [2.75, 3.05) is 33.7 Å². The van der Waals surface area contributed by atoms with Crippen molar-refractivity contribution < 1.29 is 17.6 Å². The first-order chi connectivity index (χ1) is 14.4. The molecule has 0 aliphatic carbocycles. The van der Waals surface area contributed by atoms with Gasteiger partial charge >= 0.3 is 6.18 Å². The molecule has 8 heteroatoms. The number of benzene rings is 1. The number of furan rings is 1. The zero-order chi connectivity index (χ0) is 21.6. The molecule has 1 saturated heterocycles. The summed E-state index contributed by atoms with van der Waals surface area (Å²) < 4.78 is 44.1. The summed E-state index contributed by atoms with van der Waals surface area (Å²) in [4.78, 5) is 6.50. The number of rotatable bonds is 6. The van der Waals surface area contributed by atoms with Crippen LogP contribution in [0.25, 0.3) is 0 Å². The molecule has 1 aliphatic heterocycles. The SMILES string of the molecule is CN=C(NCCc1ccco1)NCC1CCCN(C)C1c1ccc(C(F)(F)F)cc1. The second-order valence-corrected chi connectivity index (χ2v) is 7.66. The lowest BCUT2D eigenvalue weighted by molar-refractivity contribution is -0.137. The highest BCUT2D eigenvalue weighted by atomic mass is 19.4. The molecule has 3 rings (SSSR count). The van der Waals surface area contributed by atoms with Crippen molar-refractivity contribution in [2.24, 2.45) is 10.9 Å². The molecule has 0 radical (unpaired) electrons. The summed E-state index contributed by atoms with van der Waals surface area (Å²) in [6, 6.07) is 9.44. The lowest BCUT2D eigenvalue weighted by Gasteiger charge is -2.40. The number of halogens is 3. The Labute approximate surface area is 175 Å². The Hall–Kier alpha value is -2.48. The van der Waals surface area contributed by atoms with Crippen molar-refractivity contribution in [1.82, 2.24) is 15.5 Å². The second-order valence-electron chi connectivity index (χ2n) is 7.66. The number of hydrogen-bond acceptors (Lipinski definition) is 3. The molecular weight excluding hydrogens is 393 g/mol. The highest BCUT2D eigenvalue weighted by Crippen LogP contribution is 2.36. The van der Waals surface area contributed by atoms with Gasteiger partial charge in [0.25, 0.3) is 0 Å². The van der Waals surface area contributed by atoms with Crippen molar-refractivity contribution in [2.45, 2.75) is 31.5 Å². The summed E-state index contributed by atoms with van der Waals surface area (Å²) in [7, 11) is 3.76. The highest BCUT2D eigenvalue weighted by molar-refractivity contribution is 5.79. The molecule has 0 bridgehead atoms. The van der Waals surface area contributed by atoms with Gasteiger partial charge in [0.05, 0.1) is 11.8 Å². The fourth-order valence-corrected chi connectivity index (χ4v) is 4.08. The molecule has 0 amide bonds. The summed E-state index contributed by atoms with van der Waals surface area (Å²) in [5, 5.41) is 6.65. The Balaban J connectivity index is 1.59. The summed E-state index contributed by atoms with van der Waals surface area (Å²) in [6.45, 7) is 2.31. The first-order valence-electron chi connectivity index (χ1n) is 10.2. The van der Waals surface area contributed by atoms with Gasteiger partial charge in [-0.2, -0.15) is 13.2 Å². The zero-order valence-corrected chi connectivity index (χ0v) is 17.4. The fourth-order valence-electron chi connectivity index (χ4n) is 4.08. The van der Waals surface area contributed by atoms with Crippen LogP contribution in [-0.2, 0) is 12.6 Å². The van der Waals surface area contributed by atoms with Gasteiger partial charge in [0, 0.05) is 32.6 Å². The van der Waals surface area contributed by atoms with Crippen LogP contribution in [0.1, 0.15) is 35.8 Å². The van der Waals surface area contributed by atoms with Gasteiger partial charge in [-0.1, -0.05) is 12.1 Å². The first-order valence-corrected chi connectivity index (χ1v) is 10.2. The molecule has 1 aliphatic rings. The van der Waals surface area contributed by atoms with E-state index in [4.69, 9.17) is 4.42 Å². The van der Waals surface area contributed by atoms with Crippen LogP contribution >= 0.6 is 0 Å². The van der Waals surface area contributed by atoms with Crippen LogP contribution in [0.5, 0.6) is 0 Å². The molecule has 2 N–H and O–H groups in total. The summed E-state index contributed by atoms with van der Waals surface area (Å²) in [5.41, 5.74) is 0.304. The van der Waals surface area contributed by atoms with Gasteiger partial charge in [-0.05, 0) is 62.2 Å². The third-order valence-corrected chi connectivity index (χ3v) is 5.59. The molecule has 0 spiro atoms. The monoisotopic (exact) mass is 422 g/mol. The number of nitrogens with zero attached hydrogens (tertiary/aromatic N) is 2. The van der Waals surface area contributed by atoms with E-state index in [2.05, 4.69) is 20.5 Å². The van der Waals surface area contributed by atoms with E-state index in [1.54, 1.807) is 25.4 Å². The van der Waals surface area contributed by atoms with Gasteiger partial charge in [0.2, 0.25) is 0 Å². The van der Waals surface area contributed by atoms with E-state index in [0.717, 1.165) is 37.1 Å². The first kappa shape index (κ1) is 22.2. The molecule has 1 fully saturated rings. The molecule has 164 valence electrons. The van der Waals surface area contributed by atoms with E-state index in [-0.39, 0.29) is 12.0 Å². The zero-order valence-electron chi connectivity index (χ0n) is 17.4. The third kappa shape index (κ3) is 5.78. The molecule has 2 unspecified atom stereocenters. The number of alkyl halides is 3. The Morgan fingerprint density at radius 1 is 1.20 bits per heavy atom. The van der Waals surface area contributed by atoms with Crippen molar-refractivity contribution in [3.8, 4) is 0 Å². The van der Waals surface area contributed by atoms with Crippen molar-refractivity contribution >= 4 is 5.96 Å². The van der Waals surface area contributed by atoms with Crippen molar-refractivity contribution in [3.05, 3.63) is 59.5 Å².